The average Bonchev–Trinajstić information content (AvgIpc) is 2.77. The van der Waals surface area contributed by atoms with E-state index in [2.05, 4.69) is 54.4 Å². The molecule has 1 heterocycles. The van der Waals surface area contributed by atoms with E-state index < -0.39 is 8.32 Å². The van der Waals surface area contributed by atoms with Crippen molar-refractivity contribution in [1.29, 1.82) is 0 Å². The van der Waals surface area contributed by atoms with Crippen molar-refractivity contribution in [3.8, 4) is 12.3 Å². The van der Waals surface area contributed by atoms with Crippen molar-refractivity contribution in [2.45, 2.75) is 96.6 Å². The van der Waals surface area contributed by atoms with Gasteiger partial charge in [0, 0.05) is 6.61 Å². The summed E-state index contributed by atoms with van der Waals surface area (Å²) in [6.07, 6.45) is 9.09. The van der Waals surface area contributed by atoms with E-state index in [0.29, 0.717) is 28.6 Å². The average molecular weight is 325 g/mol. The minimum atomic E-state index is -1.71. The van der Waals surface area contributed by atoms with Crippen LogP contribution >= 0.6 is 0 Å². The Bertz CT molecular complexity index is 348. The monoisotopic (exact) mass is 324 g/mol. The van der Waals surface area contributed by atoms with Gasteiger partial charge < -0.3 is 9.16 Å². The number of ether oxygens (including phenoxy) is 1. The SMILES string of the molecule is C#C[C@@H]1O[C@H](CCCO[Si](C(C)C)(C(C)C)C(C)C)C[C@H]1C. The standard InChI is InChI=1S/C19H36O2Si/c1-9-19-17(8)13-18(21-19)11-10-12-20-22(14(2)3,15(4)5)16(6)7/h1,14-19H,10-13H2,2-8H3/t17-,18-,19+/m1/s1. The van der Waals surface area contributed by atoms with Gasteiger partial charge in [0.1, 0.15) is 6.10 Å². The van der Waals surface area contributed by atoms with E-state index in [0.717, 1.165) is 25.9 Å². The summed E-state index contributed by atoms with van der Waals surface area (Å²) in [5, 5.41) is 0. The first-order valence-electron chi connectivity index (χ1n) is 9.01. The molecule has 0 aromatic heterocycles. The lowest BCUT2D eigenvalue weighted by atomic mass is 10.0. The van der Waals surface area contributed by atoms with Crippen molar-refractivity contribution in [2.75, 3.05) is 6.61 Å². The van der Waals surface area contributed by atoms with Gasteiger partial charge >= 0.3 is 0 Å². The minimum Gasteiger partial charge on any atom is -0.416 e. The highest BCUT2D eigenvalue weighted by molar-refractivity contribution is 6.77. The molecule has 3 heteroatoms. The lowest BCUT2D eigenvalue weighted by molar-refractivity contribution is 0.0601. The maximum absolute atomic E-state index is 6.60. The molecule has 2 nitrogen and oxygen atoms in total. The predicted octanol–water partition coefficient (Wildman–Crippen LogP) is 5.39. The lowest BCUT2D eigenvalue weighted by Gasteiger charge is -2.42. The molecule has 3 atom stereocenters. The summed E-state index contributed by atoms with van der Waals surface area (Å²) in [5.74, 6) is 3.25. The number of hydrogen-bond acceptors (Lipinski definition) is 2. The molecule has 1 aliphatic heterocycles. The van der Waals surface area contributed by atoms with Crippen LogP contribution in [0.2, 0.25) is 16.6 Å². The first kappa shape index (κ1) is 19.7. The summed E-state index contributed by atoms with van der Waals surface area (Å²) in [6, 6.07) is 0. The quantitative estimate of drug-likeness (QED) is 0.339. The van der Waals surface area contributed by atoms with Gasteiger partial charge in [0.05, 0.1) is 6.10 Å². The normalized spacial score (nSPS) is 26.1. The second-order valence-corrected chi connectivity index (χ2v) is 13.3. The second-order valence-electron chi connectivity index (χ2n) is 7.87. The molecule has 128 valence electrons. The highest BCUT2D eigenvalue weighted by atomic mass is 28.4. The molecule has 0 amide bonds. The van der Waals surface area contributed by atoms with Gasteiger partial charge in [-0.1, -0.05) is 54.4 Å². The number of rotatable bonds is 8. The molecule has 0 spiro atoms. The van der Waals surface area contributed by atoms with Gasteiger partial charge in [-0.2, -0.15) is 0 Å². The van der Waals surface area contributed by atoms with Crippen LogP contribution in [-0.2, 0) is 9.16 Å². The fraction of sp³-hybridized carbons (Fsp3) is 0.895. The van der Waals surface area contributed by atoms with E-state index >= 15 is 0 Å². The Morgan fingerprint density at radius 1 is 1.14 bits per heavy atom. The van der Waals surface area contributed by atoms with Crippen LogP contribution in [0.15, 0.2) is 0 Å². The minimum absolute atomic E-state index is 0.0152. The fourth-order valence-electron chi connectivity index (χ4n) is 4.38. The van der Waals surface area contributed by atoms with Crippen LogP contribution < -0.4 is 0 Å². The topological polar surface area (TPSA) is 18.5 Å². The summed E-state index contributed by atoms with van der Waals surface area (Å²) in [6.45, 7) is 17.1. The van der Waals surface area contributed by atoms with E-state index in [1.165, 1.54) is 0 Å². The molecule has 0 bridgehead atoms. The molecule has 0 aliphatic carbocycles. The number of terminal acetylenes is 1. The van der Waals surface area contributed by atoms with Crippen LogP contribution in [0.5, 0.6) is 0 Å². The smallest absolute Gasteiger partial charge is 0.200 e. The molecule has 0 aromatic rings. The summed E-state index contributed by atoms with van der Waals surface area (Å²) >= 11 is 0. The van der Waals surface area contributed by atoms with Crippen LogP contribution in [0, 0.1) is 18.3 Å². The highest BCUT2D eigenvalue weighted by Crippen LogP contribution is 2.42. The van der Waals surface area contributed by atoms with Crippen LogP contribution in [0.4, 0.5) is 0 Å². The Morgan fingerprint density at radius 3 is 2.09 bits per heavy atom. The Morgan fingerprint density at radius 2 is 1.68 bits per heavy atom. The van der Waals surface area contributed by atoms with E-state index in [4.69, 9.17) is 15.6 Å². The first-order valence-corrected chi connectivity index (χ1v) is 11.1. The van der Waals surface area contributed by atoms with Gasteiger partial charge in [0.25, 0.3) is 0 Å². The maximum Gasteiger partial charge on any atom is 0.200 e. The van der Waals surface area contributed by atoms with Crippen LogP contribution in [0.1, 0.15) is 67.7 Å². The zero-order valence-corrected chi connectivity index (χ0v) is 16.7. The van der Waals surface area contributed by atoms with Crippen molar-refractivity contribution in [1.82, 2.24) is 0 Å². The predicted molar refractivity (Wildman–Crippen MR) is 97.5 cm³/mol. The zero-order valence-electron chi connectivity index (χ0n) is 15.7. The van der Waals surface area contributed by atoms with E-state index in [9.17, 15) is 0 Å². The third-order valence-electron chi connectivity index (χ3n) is 5.38. The molecule has 0 N–H and O–H groups in total. The van der Waals surface area contributed by atoms with Crippen molar-refractivity contribution < 1.29 is 9.16 Å². The molecule has 1 aliphatic rings. The van der Waals surface area contributed by atoms with Crippen LogP contribution in [-0.4, -0.2) is 27.1 Å². The van der Waals surface area contributed by atoms with E-state index in [1.807, 2.05) is 0 Å². The van der Waals surface area contributed by atoms with Crippen LogP contribution in [0.3, 0.4) is 0 Å². The largest absolute Gasteiger partial charge is 0.416 e. The lowest BCUT2D eigenvalue weighted by Crippen LogP contribution is -2.48. The van der Waals surface area contributed by atoms with Crippen molar-refractivity contribution in [3.05, 3.63) is 0 Å². The van der Waals surface area contributed by atoms with E-state index in [1.54, 1.807) is 0 Å². The molecule has 1 fully saturated rings. The molecular weight excluding hydrogens is 288 g/mol. The van der Waals surface area contributed by atoms with Crippen molar-refractivity contribution >= 4 is 8.32 Å². The molecule has 1 rings (SSSR count). The summed E-state index contributed by atoms with van der Waals surface area (Å²) in [7, 11) is -1.71. The summed E-state index contributed by atoms with van der Waals surface area (Å²) in [5.41, 5.74) is 1.96. The summed E-state index contributed by atoms with van der Waals surface area (Å²) in [4.78, 5) is 0. The van der Waals surface area contributed by atoms with Gasteiger partial charge in [-0.3, -0.25) is 0 Å². The molecule has 0 radical (unpaired) electrons. The van der Waals surface area contributed by atoms with Gasteiger partial charge in [-0.25, -0.2) is 0 Å². The molecule has 22 heavy (non-hydrogen) atoms. The van der Waals surface area contributed by atoms with Gasteiger partial charge in [0.15, 0.2) is 8.32 Å². The third-order valence-corrected chi connectivity index (χ3v) is 11.5. The Balaban J connectivity index is 2.46. The van der Waals surface area contributed by atoms with Gasteiger partial charge in [0.2, 0.25) is 0 Å². The molecule has 1 saturated heterocycles. The van der Waals surface area contributed by atoms with Crippen LogP contribution in [0.25, 0.3) is 0 Å². The maximum atomic E-state index is 6.60. The zero-order chi connectivity index (χ0) is 16.9. The van der Waals surface area contributed by atoms with E-state index in [-0.39, 0.29) is 6.10 Å². The van der Waals surface area contributed by atoms with Crippen molar-refractivity contribution in [2.24, 2.45) is 5.92 Å². The van der Waals surface area contributed by atoms with Gasteiger partial charge in [-0.05, 0) is 41.8 Å². The molecular formula is C19H36O2Si. The molecule has 0 unspecified atom stereocenters. The Kier molecular flexibility index (Phi) is 7.65. The van der Waals surface area contributed by atoms with Gasteiger partial charge in [-0.15, -0.1) is 6.42 Å². The Labute approximate surface area is 139 Å². The fourth-order valence-corrected chi connectivity index (χ4v) is 9.88. The summed E-state index contributed by atoms with van der Waals surface area (Å²) < 4.78 is 12.5. The Hall–Kier alpha value is -0.303. The number of hydrogen-bond donors (Lipinski definition) is 0. The molecule has 0 saturated carbocycles. The second kappa shape index (κ2) is 8.52. The first-order chi connectivity index (χ1) is 10.3. The third kappa shape index (κ3) is 4.37. The highest BCUT2D eigenvalue weighted by Gasteiger charge is 2.44. The van der Waals surface area contributed by atoms with Crippen molar-refractivity contribution in [3.63, 3.8) is 0 Å². The molecule has 0 aromatic carbocycles.